The highest BCUT2D eigenvalue weighted by Crippen LogP contribution is 2.30. The summed E-state index contributed by atoms with van der Waals surface area (Å²) >= 11 is 0. The Morgan fingerprint density at radius 3 is 3.06 bits per heavy atom. The Kier molecular flexibility index (Phi) is 2.63. The molecule has 90 valence electrons. The fraction of sp³-hybridized carbons (Fsp3) is 0.500. The van der Waals surface area contributed by atoms with Crippen LogP contribution in [0.1, 0.15) is 37.3 Å². The number of benzene rings is 1. The van der Waals surface area contributed by atoms with Crippen molar-refractivity contribution in [2.75, 3.05) is 6.54 Å². The summed E-state index contributed by atoms with van der Waals surface area (Å²) in [6.45, 7) is 5.40. The monoisotopic (exact) mass is 230 g/mol. The highest BCUT2D eigenvalue weighted by Gasteiger charge is 2.26. The Labute approximate surface area is 101 Å². The van der Waals surface area contributed by atoms with Crippen molar-refractivity contribution < 1.29 is 4.42 Å². The molecule has 2 aromatic rings. The number of oxazole rings is 1. The number of nitrogens with one attached hydrogen (secondary N) is 1. The van der Waals surface area contributed by atoms with Gasteiger partial charge >= 0.3 is 0 Å². The second kappa shape index (κ2) is 4.15. The number of hydrogen-bond acceptors (Lipinski definition) is 3. The van der Waals surface area contributed by atoms with Gasteiger partial charge in [-0.15, -0.1) is 0 Å². The van der Waals surface area contributed by atoms with Crippen LogP contribution in [0.25, 0.3) is 11.1 Å². The number of aryl methyl sites for hydroxylation is 1. The largest absolute Gasteiger partial charge is 0.439 e. The van der Waals surface area contributed by atoms with Crippen molar-refractivity contribution in [3.8, 4) is 0 Å². The SMILES string of the molecule is Cc1cccc2oc(C3NCCCC3C)nc12. The lowest BCUT2D eigenvalue weighted by Gasteiger charge is -2.27. The van der Waals surface area contributed by atoms with Gasteiger partial charge in [-0.1, -0.05) is 19.1 Å². The molecule has 1 fully saturated rings. The quantitative estimate of drug-likeness (QED) is 0.817. The fourth-order valence-corrected chi connectivity index (χ4v) is 2.62. The van der Waals surface area contributed by atoms with Crippen LogP contribution in [0, 0.1) is 12.8 Å². The van der Waals surface area contributed by atoms with E-state index in [9.17, 15) is 0 Å². The molecule has 17 heavy (non-hydrogen) atoms. The molecule has 1 aliphatic rings. The van der Waals surface area contributed by atoms with Crippen LogP contribution in [0.15, 0.2) is 22.6 Å². The van der Waals surface area contributed by atoms with E-state index in [1.807, 2.05) is 12.1 Å². The van der Waals surface area contributed by atoms with Crippen molar-refractivity contribution in [3.63, 3.8) is 0 Å². The topological polar surface area (TPSA) is 38.1 Å². The molecular formula is C14H18N2O. The molecule has 0 saturated carbocycles. The normalized spacial score (nSPS) is 25.3. The molecule has 1 N–H and O–H groups in total. The number of para-hydroxylation sites is 1. The molecule has 1 aromatic heterocycles. The van der Waals surface area contributed by atoms with Crippen LogP contribution < -0.4 is 5.32 Å². The fourth-order valence-electron chi connectivity index (χ4n) is 2.62. The van der Waals surface area contributed by atoms with Gasteiger partial charge in [0.1, 0.15) is 5.52 Å². The average Bonchev–Trinajstić information content (AvgIpc) is 2.75. The first-order valence-electron chi connectivity index (χ1n) is 6.35. The molecule has 0 spiro atoms. The molecule has 3 heteroatoms. The van der Waals surface area contributed by atoms with E-state index < -0.39 is 0 Å². The maximum absolute atomic E-state index is 5.89. The van der Waals surface area contributed by atoms with Crippen LogP contribution >= 0.6 is 0 Å². The highest BCUT2D eigenvalue weighted by atomic mass is 16.3. The van der Waals surface area contributed by atoms with E-state index in [4.69, 9.17) is 4.42 Å². The molecule has 1 aromatic carbocycles. The zero-order valence-corrected chi connectivity index (χ0v) is 10.4. The summed E-state index contributed by atoms with van der Waals surface area (Å²) in [6, 6.07) is 6.36. The smallest absolute Gasteiger partial charge is 0.212 e. The molecule has 3 rings (SSSR count). The highest BCUT2D eigenvalue weighted by molar-refractivity contribution is 5.76. The van der Waals surface area contributed by atoms with Gasteiger partial charge in [-0.25, -0.2) is 4.98 Å². The van der Waals surface area contributed by atoms with E-state index >= 15 is 0 Å². The Bertz CT molecular complexity index is 532. The minimum atomic E-state index is 0.274. The third-order valence-corrected chi connectivity index (χ3v) is 3.67. The van der Waals surface area contributed by atoms with Crippen molar-refractivity contribution in [3.05, 3.63) is 29.7 Å². The first kappa shape index (κ1) is 10.8. The summed E-state index contributed by atoms with van der Waals surface area (Å²) in [5.41, 5.74) is 3.09. The van der Waals surface area contributed by atoms with Crippen molar-refractivity contribution in [1.29, 1.82) is 0 Å². The molecule has 1 saturated heterocycles. The van der Waals surface area contributed by atoms with E-state index in [0.717, 1.165) is 23.5 Å². The van der Waals surface area contributed by atoms with Gasteiger partial charge in [0.05, 0.1) is 6.04 Å². The van der Waals surface area contributed by atoms with Gasteiger partial charge in [-0.3, -0.25) is 0 Å². The maximum atomic E-state index is 5.89. The van der Waals surface area contributed by atoms with Crippen LogP contribution in [0.3, 0.4) is 0 Å². The number of nitrogens with zero attached hydrogens (tertiary/aromatic N) is 1. The van der Waals surface area contributed by atoms with Crippen molar-refractivity contribution in [1.82, 2.24) is 10.3 Å². The third-order valence-electron chi connectivity index (χ3n) is 3.67. The zero-order valence-electron chi connectivity index (χ0n) is 10.4. The number of piperidine rings is 1. The summed E-state index contributed by atoms with van der Waals surface area (Å²) in [5.74, 6) is 1.44. The molecule has 2 atom stereocenters. The van der Waals surface area contributed by atoms with Gasteiger partial charge in [0.25, 0.3) is 0 Å². The van der Waals surface area contributed by atoms with Crippen LogP contribution in [0.4, 0.5) is 0 Å². The Hall–Kier alpha value is -1.35. The maximum Gasteiger partial charge on any atom is 0.212 e. The van der Waals surface area contributed by atoms with Crippen LogP contribution in [0.2, 0.25) is 0 Å². The first-order chi connectivity index (χ1) is 8.25. The van der Waals surface area contributed by atoms with Crippen molar-refractivity contribution >= 4 is 11.1 Å². The van der Waals surface area contributed by atoms with Gasteiger partial charge in [0.15, 0.2) is 5.58 Å². The van der Waals surface area contributed by atoms with Crippen LogP contribution in [0.5, 0.6) is 0 Å². The minimum absolute atomic E-state index is 0.274. The minimum Gasteiger partial charge on any atom is -0.439 e. The van der Waals surface area contributed by atoms with E-state index in [-0.39, 0.29) is 6.04 Å². The first-order valence-corrected chi connectivity index (χ1v) is 6.35. The Morgan fingerprint density at radius 2 is 2.29 bits per heavy atom. The molecule has 0 bridgehead atoms. The lowest BCUT2D eigenvalue weighted by Crippen LogP contribution is -2.33. The summed E-state index contributed by atoms with van der Waals surface area (Å²) in [7, 11) is 0. The summed E-state index contributed by atoms with van der Waals surface area (Å²) in [6.07, 6.45) is 2.49. The molecule has 2 heterocycles. The number of fused-ring (bicyclic) bond motifs is 1. The van der Waals surface area contributed by atoms with Gasteiger partial charge in [0.2, 0.25) is 5.89 Å². The summed E-state index contributed by atoms with van der Waals surface area (Å²) < 4.78 is 5.89. The van der Waals surface area contributed by atoms with Crippen molar-refractivity contribution in [2.45, 2.75) is 32.7 Å². The zero-order chi connectivity index (χ0) is 11.8. The summed E-state index contributed by atoms with van der Waals surface area (Å²) in [5, 5.41) is 3.51. The van der Waals surface area contributed by atoms with E-state index in [0.29, 0.717) is 5.92 Å². The predicted molar refractivity (Wildman–Crippen MR) is 67.9 cm³/mol. The molecule has 2 unspecified atom stereocenters. The molecule has 0 radical (unpaired) electrons. The number of aromatic nitrogens is 1. The van der Waals surface area contributed by atoms with Gasteiger partial charge in [-0.2, -0.15) is 0 Å². The predicted octanol–water partition coefficient (Wildman–Crippen LogP) is 3.20. The lowest BCUT2D eigenvalue weighted by molar-refractivity contribution is 0.264. The Balaban J connectivity index is 2.02. The van der Waals surface area contributed by atoms with Crippen molar-refractivity contribution in [2.24, 2.45) is 5.92 Å². The summed E-state index contributed by atoms with van der Waals surface area (Å²) in [4.78, 5) is 4.66. The van der Waals surface area contributed by atoms with E-state index in [2.05, 4.69) is 30.2 Å². The second-order valence-corrected chi connectivity index (χ2v) is 5.03. The van der Waals surface area contributed by atoms with Gasteiger partial charge in [-0.05, 0) is 43.9 Å². The number of rotatable bonds is 1. The lowest BCUT2D eigenvalue weighted by atomic mass is 9.93. The van der Waals surface area contributed by atoms with Crippen LogP contribution in [-0.4, -0.2) is 11.5 Å². The average molecular weight is 230 g/mol. The molecule has 0 aliphatic carbocycles. The molecular weight excluding hydrogens is 212 g/mol. The molecule has 0 amide bonds. The second-order valence-electron chi connectivity index (χ2n) is 5.03. The van der Waals surface area contributed by atoms with Gasteiger partial charge in [0, 0.05) is 0 Å². The third kappa shape index (κ3) is 1.84. The standard InChI is InChI=1S/C14H18N2O/c1-9-5-3-7-11-12(9)16-14(17-11)13-10(2)6-4-8-15-13/h3,5,7,10,13,15H,4,6,8H2,1-2H3. The van der Waals surface area contributed by atoms with E-state index in [1.165, 1.54) is 18.4 Å². The van der Waals surface area contributed by atoms with Gasteiger partial charge < -0.3 is 9.73 Å². The molecule has 1 aliphatic heterocycles. The Morgan fingerprint density at radius 1 is 1.41 bits per heavy atom. The van der Waals surface area contributed by atoms with E-state index in [1.54, 1.807) is 0 Å². The van der Waals surface area contributed by atoms with Crippen LogP contribution in [-0.2, 0) is 0 Å². The molecule has 3 nitrogen and oxygen atoms in total. The number of hydrogen-bond donors (Lipinski definition) is 1.